The lowest BCUT2D eigenvalue weighted by Gasteiger charge is -2.43. The molecule has 0 unspecified atom stereocenters. The number of benzene rings is 2. The van der Waals surface area contributed by atoms with Crippen molar-refractivity contribution in [3.63, 3.8) is 0 Å². The average molecular weight is 480 g/mol. The molecular weight excluding hydrogens is 454 g/mol. The highest BCUT2D eigenvalue weighted by Gasteiger charge is 2.45. The van der Waals surface area contributed by atoms with Crippen LogP contribution in [-0.2, 0) is 16.6 Å². The van der Waals surface area contributed by atoms with Gasteiger partial charge in [-0.25, -0.2) is 0 Å². The molecule has 34 heavy (non-hydrogen) atoms. The molecular formula is C24H25N5O4S. The van der Waals surface area contributed by atoms with Gasteiger partial charge in [-0.2, -0.15) is 0 Å². The first kappa shape index (κ1) is 22.3. The summed E-state index contributed by atoms with van der Waals surface area (Å²) >= 11 is 1.29. The number of fused-ring (bicyclic) bond motifs is 2. The number of carbonyl (C=O) groups is 2. The molecule has 176 valence electrons. The van der Waals surface area contributed by atoms with E-state index in [0.29, 0.717) is 40.5 Å². The number of aromatic nitrogens is 3. The first-order valence-electron chi connectivity index (χ1n) is 11.0. The second kappa shape index (κ2) is 8.35. The number of rotatable bonds is 4. The number of anilines is 2. The fraction of sp³-hybridized carbons (Fsp3) is 0.333. The van der Waals surface area contributed by atoms with Crippen molar-refractivity contribution < 1.29 is 19.1 Å². The second-order valence-corrected chi connectivity index (χ2v) is 10.0. The summed E-state index contributed by atoms with van der Waals surface area (Å²) in [6, 6.07) is 14.8. The standard InChI is InChI=1S/C24H25N5O4S/c1-14(21(30)29-16-10-6-5-9-15(16)25-22(31)24(29,2)3)34-23-27-26-20(28(23)4)19-13-32-17-11-7-8-12-18(17)33-19/h5-12,14,19H,13H2,1-4H3,(H,25,31)/t14-,19-/m1/s1. The number of carbonyl (C=O) groups excluding carboxylic acids is 2. The molecule has 9 nitrogen and oxygen atoms in total. The van der Waals surface area contributed by atoms with Crippen LogP contribution < -0.4 is 19.7 Å². The van der Waals surface area contributed by atoms with Crippen molar-refractivity contribution in [1.82, 2.24) is 14.8 Å². The van der Waals surface area contributed by atoms with E-state index in [1.54, 1.807) is 24.8 Å². The summed E-state index contributed by atoms with van der Waals surface area (Å²) < 4.78 is 13.7. The van der Waals surface area contributed by atoms with Crippen molar-refractivity contribution >= 4 is 35.0 Å². The van der Waals surface area contributed by atoms with E-state index in [1.165, 1.54) is 11.8 Å². The Bertz CT molecular complexity index is 1270. The lowest BCUT2D eigenvalue weighted by Crippen LogP contribution is -2.60. The number of hydrogen-bond acceptors (Lipinski definition) is 7. The van der Waals surface area contributed by atoms with E-state index in [1.807, 2.05) is 61.0 Å². The number of hydrogen-bond donors (Lipinski definition) is 1. The van der Waals surface area contributed by atoms with Crippen LogP contribution in [0.15, 0.2) is 53.7 Å². The van der Waals surface area contributed by atoms with Gasteiger partial charge in [-0.15, -0.1) is 10.2 Å². The van der Waals surface area contributed by atoms with Crippen molar-refractivity contribution in [3.8, 4) is 11.5 Å². The minimum atomic E-state index is -1.04. The molecule has 1 aromatic heterocycles. The Morgan fingerprint density at radius 3 is 2.65 bits per heavy atom. The minimum absolute atomic E-state index is 0.187. The first-order chi connectivity index (χ1) is 16.3. The number of thioether (sulfide) groups is 1. The third-order valence-corrected chi connectivity index (χ3v) is 7.14. The molecule has 0 bridgehead atoms. The summed E-state index contributed by atoms with van der Waals surface area (Å²) in [5.74, 6) is 1.55. The molecule has 1 N–H and O–H groups in total. The van der Waals surface area contributed by atoms with Gasteiger partial charge in [0.2, 0.25) is 11.8 Å². The van der Waals surface area contributed by atoms with Crippen LogP contribution in [0, 0.1) is 0 Å². The first-order valence-corrected chi connectivity index (χ1v) is 11.8. The van der Waals surface area contributed by atoms with Crippen LogP contribution in [-0.4, -0.2) is 44.0 Å². The van der Waals surface area contributed by atoms with E-state index in [4.69, 9.17) is 9.47 Å². The molecule has 2 amide bonds. The fourth-order valence-corrected chi connectivity index (χ4v) is 4.95. The zero-order valence-electron chi connectivity index (χ0n) is 19.3. The summed E-state index contributed by atoms with van der Waals surface area (Å²) in [4.78, 5) is 27.9. The normalized spacial score (nSPS) is 19.2. The van der Waals surface area contributed by atoms with Crippen LogP contribution in [0.5, 0.6) is 11.5 Å². The molecule has 2 aliphatic rings. The Labute approximate surface area is 201 Å². The van der Waals surface area contributed by atoms with Crippen LogP contribution in [0.1, 0.15) is 32.7 Å². The van der Waals surface area contributed by atoms with E-state index in [9.17, 15) is 9.59 Å². The lowest BCUT2D eigenvalue weighted by molar-refractivity contribution is -0.126. The van der Waals surface area contributed by atoms with Gasteiger partial charge < -0.3 is 19.4 Å². The highest BCUT2D eigenvalue weighted by molar-refractivity contribution is 8.00. The molecule has 0 saturated carbocycles. The Balaban J connectivity index is 1.36. The minimum Gasteiger partial charge on any atom is -0.485 e. The number of nitrogens with zero attached hydrogens (tertiary/aromatic N) is 4. The molecule has 2 aromatic carbocycles. The van der Waals surface area contributed by atoms with Crippen LogP contribution in [0.4, 0.5) is 11.4 Å². The third kappa shape index (κ3) is 3.67. The molecule has 2 aliphatic heterocycles. The van der Waals surface area contributed by atoms with E-state index in [0.717, 1.165) is 0 Å². The van der Waals surface area contributed by atoms with Crippen molar-refractivity contribution in [3.05, 3.63) is 54.4 Å². The molecule has 2 atom stereocenters. The van der Waals surface area contributed by atoms with Gasteiger partial charge >= 0.3 is 0 Å². The van der Waals surface area contributed by atoms with Crippen LogP contribution in [0.2, 0.25) is 0 Å². The topological polar surface area (TPSA) is 98.6 Å². The van der Waals surface area contributed by atoms with Gasteiger partial charge in [-0.3, -0.25) is 14.5 Å². The van der Waals surface area contributed by atoms with E-state index in [-0.39, 0.29) is 11.8 Å². The maximum atomic E-state index is 13.6. The molecule has 0 spiro atoms. The van der Waals surface area contributed by atoms with Crippen LogP contribution in [0.25, 0.3) is 0 Å². The summed E-state index contributed by atoms with van der Waals surface area (Å²) in [6.45, 7) is 5.61. The van der Waals surface area contributed by atoms with Crippen molar-refractivity contribution in [2.75, 3.05) is 16.8 Å². The zero-order valence-corrected chi connectivity index (χ0v) is 20.1. The molecule has 0 fully saturated rings. The number of amides is 2. The Kier molecular flexibility index (Phi) is 5.47. The zero-order chi connectivity index (χ0) is 24.0. The monoisotopic (exact) mass is 479 g/mol. The third-order valence-electron chi connectivity index (χ3n) is 6.02. The number of nitrogens with one attached hydrogen (secondary N) is 1. The average Bonchev–Trinajstić information content (AvgIpc) is 3.19. The molecule has 0 radical (unpaired) electrons. The predicted molar refractivity (Wildman–Crippen MR) is 128 cm³/mol. The maximum Gasteiger partial charge on any atom is 0.250 e. The van der Waals surface area contributed by atoms with Gasteiger partial charge in [0.05, 0.1) is 16.6 Å². The smallest absolute Gasteiger partial charge is 0.250 e. The second-order valence-electron chi connectivity index (χ2n) is 8.73. The fourth-order valence-electron chi connectivity index (χ4n) is 4.09. The highest BCUT2D eigenvalue weighted by Crippen LogP contribution is 2.39. The van der Waals surface area contributed by atoms with Gasteiger partial charge in [0.25, 0.3) is 0 Å². The number of para-hydroxylation sites is 4. The number of ether oxygens (including phenoxy) is 2. The van der Waals surface area contributed by atoms with Crippen LogP contribution in [0.3, 0.4) is 0 Å². The maximum absolute atomic E-state index is 13.6. The van der Waals surface area contributed by atoms with Crippen molar-refractivity contribution in [2.45, 2.75) is 42.8 Å². The Morgan fingerprint density at radius 2 is 1.85 bits per heavy atom. The van der Waals surface area contributed by atoms with E-state index >= 15 is 0 Å². The van der Waals surface area contributed by atoms with Gasteiger partial charge in [0, 0.05) is 7.05 Å². The van der Waals surface area contributed by atoms with Gasteiger partial charge in [0.15, 0.2) is 28.6 Å². The van der Waals surface area contributed by atoms with E-state index in [2.05, 4.69) is 15.5 Å². The van der Waals surface area contributed by atoms with Gasteiger partial charge in [-0.1, -0.05) is 36.0 Å². The van der Waals surface area contributed by atoms with Crippen molar-refractivity contribution in [1.29, 1.82) is 0 Å². The molecule has 10 heteroatoms. The Hall–Kier alpha value is -3.53. The van der Waals surface area contributed by atoms with Gasteiger partial charge in [-0.05, 0) is 45.0 Å². The molecule has 5 rings (SSSR count). The quantitative estimate of drug-likeness (QED) is 0.571. The summed E-state index contributed by atoms with van der Waals surface area (Å²) in [7, 11) is 1.84. The van der Waals surface area contributed by atoms with Gasteiger partial charge in [0.1, 0.15) is 12.1 Å². The lowest BCUT2D eigenvalue weighted by atomic mass is 9.96. The predicted octanol–water partition coefficient (Wildman–Crippen LogP) is 3.57. The Morgan fingerprint density at radius 1 is 1.15 bits per heavy atom. The summed E-state index contributed by atoms with van der Waals surface area (Å²) in [5.41, 5.74) is 0.258. The summed E-state index contributed by atoms with van der Waals surface area (Å²) in [5, 5.41) is 11.6. The van der Waals surface area contributed by atoms with Crippen LogP contribution >= 0.6 is 11.8 Å². The highest BCUT2D eigenvalue weighted by atomic mass is 32.2. The van der Waals surface area contributed by atoms with Crippen molar-refractivity contribution in [2.24, 2.45) is 7.05 Å². The largest absolute Gasteiger partial charge is 0.485 e. The molecule has 0 aliphatic carbocycles. The molecule has 3 heterocycles. The SMILES string of the molecule is C[C@@H](Sc1nnc([C@H]2COc3ccccc3O2)n1C)C(=O)N1c2ccccc2NC(=O)C1(C)C. The van der Waals surface area contributed by atoms with E-state index < -0.39 is 16.9 Å². The molecule has 0 saturated heterocycles. The summed E-state index contributed by atoms with van der Waals surface area (Å²) in [6.07, 6.45) is -0.413. The molecule has 3 aromatic rings.